The molecule has 0 aromatic heterocycles. The van der Waals surface area contributed by atoms with Gasteiger partial charge in [0.1, 0.15) is 12.6 Å². The largest absolute Gasteiger partial charge is 0.467 e. The minimum atomic E-state index is -1.13. The summed E-state index contributed by atoms with van der Waals surface area (Å²) in [5.74, 6) is -2.22. The Morgan fingerprint density at radius 2 is 1.79 bits per heavy atom. The van der Waals surface area contributed by atoms with Gasteiger partial charge < -0.3 is 19.5 Å². The molecule has 1 aliphatic heterocycles. The smallest absolute Gasteiger partial charge is 0.408 e. The first kappa shape index (κ1) is 21.2. The number of nitrogens with zero attached hydrogens (tertiary/aromatic N) is 1. The summed E-state index contributed by atoms with van der Waals surface area (Å²) in [6.45, 7) is 1.43. The second-order valence-corrected chi connectivity index (χ2v) is 5.98. The van der Waals surface area contributed by atoms with Crippen molar-refractivity contribution in [3.05, 3.63) is 35.9 Å². The molecule has 1 heterocycles. The molecule has 0 spiro atoms. The average Bonchev–Trinajstić information content (AvgIpc) is 3.16. The monoisotopic (exact) mass is 394 g/mol. The molecule has 0 aliphatic carbocycles. The molecule has 1 N–H and O–H groups in total. The molecule has 0 bridgehead atoms. The predicted octanol–water partition coefficient (Wildman–Crippen LogP) is 0.548. The molecule has 2 amide bonds. The van der Waals surface area contributed by atoms with Crippen LogP contribution in [-0.2, 0) is 40.0 Å². The van der Waals surface area contributed by atoms with Crippen molar-refractivity contribution in [3.63, 3.8) is 0 Å². The fourth-order valence-corrected chi connectivity index (χ4v) is 2.55. The number of nitrogens with one attached hydrogen (secondary N) is 1. The first-order valence-electron chi connectivity index (χ1n) is 8.50. The molecular weight excluding hydrogens is 372 g/mol. The van der Waals surface area contributed by atoms with Crippen LogP contribution in [-0.4, -0.2) is 61.4 Å². The molecule has 1 aromatic carbocycles. The lowest BCUT2D eigenvalue weighted by atomic mass is 10.1. The summed E-state index contributed by atoms with van der Waals surface area (Å²) in [7, 11) is 2.31. The first-order valence-corrected chi connectivity index (χ1v) is 8.50. The maximum atomic E-state index is 12.6. The van der Waals surface area contributed by atoms with Crippen LogP contribution in [0.15, 0.2) is 30.3 Å². The van der Waals surface area contributed by atoms with Crippen molar-refractivity contribution in [1.29, 1.82) is 0 Å². The molecule has 3 atom stereocenters. The number of benzene rings is 1. The van der Waals surface area contributed by atoms with E-state index in [-0.39, 0.29) is 13.0 Å². The number of ether oxygens (including phenoxy) is 3. The maximum Gasteiger partial charge on any atom is 0.408 e. The van der Waals surface area contributed by atoms with Gasteiger partial charge in [0, 0.05) is 6.42 Å². The Labute approximate surface area is 161 Å². The third-order valence-corrected chi connectivity index (χ3v) is 4.03. The zero-order valence-corrected chi connectivity index (χ0v) is 15.7. The number of hydrogen-bond donors (Lipinski definition) is 1. The molecule has 10 nitrogen and oxygen atoms in total. The van der Waals surface area contributed by atoms with Gasteiger partial charge in [-0.3, -0.25) is 9.63 Å². The molecule has 0 radical (unpaired) electrons. The van der Waals surface area contributed by atoms with Gasteiger partial charge in [-0.2, -0.15) is 0 Å². The molecule has 0 saturated carbocycles. The molecular formula is C18H22N2O8. The van der Waals surface area contributed by atoms with E-state index >= 15 is 0 Å². The van der Waals surface area contributed by atoms with E-state index in [0.29, 0.717) is 0 Å². The summed E-state index contributed by atoms with van der Waals surface area (Å²) in [5, 5.41) is 3.09. The summed E-state index contributed by atoms with van der Waals surface area (Å²) >= 11 is 0. The van der Waals surface area contributed by atoms with Crippen molar-refractivity contribution >= 4 is 23.9 Å². The second kappa shape index (κ2) is 9.70. The molecule has 1 fully saturated rings. The first-order chi connectivity index (χ1) is 13.4. The van der Waals surface area contributed by atoms with Crippen LogP contribution in [0, 0.1) is 0 Å². The quantitative estimate of drug-likeness (QED) is 0.549. The van der Waals surface area contributed by atoms with Gasteiger partial charge in [-0.25, -0.2) is 19.4 Å². The van der Waals surface area contributed by atoms with Crippen molar-refractivity contribution in [2.24, 2.45) is 0 Å². The van der Waals surface area contributed by atoms with E-state index in [2.05, 4.69) is 14.8 Å². The highest BCUT2D eigenvalue weighted by atomic mass is 16.7. The van der Waals surface area contributed by atoms with E-state index in [1.165, 1.54) is 6.92 Å². The van der Waals surface area contributed by atoms with Crippen molar-refractivity contribution in [3.8, 4) is 0 Å². The molecule has 1 aromatic rings. The number of alkyl carbamates (subject to hydrolysis) is 1. The molecule has 2 rings (SSSR count). The predicted molar refractivity (Wildman–Crippen MR) is 93.4 cm³/mol. The fraction of sp³-hybridized carbons (Fsp3) is 0.444. The Kier molecular flexibility index (Phi) is 7.33. The Balaban J connectivity index is 1.96. The van der Waals surface area contributed by atoms with Gasteiger partial charge in [-0.15, -0.1) is 0 Å². The minimum absolute atomic E-state index is 0.0308. The minimum Gasteiger partial charge on any atom is -0.467 e. The Morgan fingerprint density at radius 1 is 1.14 bits per heavy atom. The van der Waals surface area contributed by atoms with E-state index < -0.39 is 42.1 Å². The van der Waals surface area contributed by atoms with Crippen LogP contribution in [0.1, 0.15) is 18.9 Å². The standard InChI is InChI=1S/C18H22N2O8/c1-11(19-18(24)27-10-12-7-5-4-6-8-12)15(21)20-13(16(22)25-2)9-14(28-20)17(23)26-3/h4-8,11,13-14H,9-10H2,1-3H3,(H,19,24)/t11-,13-,14+/m0/s1. The molecule has 0 unspecified atom stereocenters. The Bertz CT molecular complexity index is 724. The van der Waals surface area contributed by atoms with Crippen molar-refractivity contribution < 1.29 is 38.2 Å². The Morgan fingerprint density at radius 3 is 2.39 bits per heavy atom. The summed E-state index contributed by atoms with van der Waals surface area (Å²) < 4.78 is 14.3. The van der Waals surface area contributed by atoms with Crippen LogP contribution in [0.5, 0.6) is 0 Å². The lowest BCUT2D eigenvalue weighted by molar-refractivity contribution is -0.201. The molecule has 10 heteroatoms. The van der Waals surface area contributed by atoms with Crippen LogP contribution in [0.25, 0.3) is 0 Å². The van der Waals surface area contributed by atoms with Gasteiger partial charge in [-0.1, -0.05) is 30.3 Å². The number of amides is 2. The van der Waals surface area contributed by atoms with Crippen molar-refractivity contribution in [2.45, 2.75) is 38.1 Å². The third-order valence-electron chi connectivity index (χ3n) is 4.03. The van der Waals surface area contributed by atoms with Crippen LogP contribution < -0.4 is 5.32 Å². The topological polar surface area (TPSA) is 120 Å². The Hall–Kier alpha value is -3.14. The highest BCUT2D eigenvalue weighted by Crippen LogP contribution is 2.24. The number of carbonyl (C=O) groups excluding carboxylic acids is 4. The fourth-order valence-electron chi connectivity index (χ4n) is 2.55. The summed E-state index contributed by atoms with van der Waals surface area (Å²) in [6.07, 6.45) is -2.06. The summed E-state index contributed by atoms with van der Waals surface area (Å²) in [6, 6.07) is 6.80. The third kappa shape index (κ3) is 5.19. The van der Waals surface area contributed by atoms with Crippen LogP contribution in [0.3, 0.4) is 0 Å². The maximum absolute atomic E-state index is 12.6. The summed E-state index contributed by atoms with van der Waals surface area (Å²) in [5.41, 5.74) is 0.784. The number of esters is 2. The SMILES string of the molecule is COC(=O)[C@H]1C[C@@H](C(=O)OC)N(C(=O)[C@H](C)NC(=O)OCc2ccccc2)O1. The van der Waals surface area contributed by atoms with E-state index in [1.54, 1.807) is 24.3 Å². The van der Waals surface area contributed by atoms with E-state index in [1.807, 2.05) is 6.07 Å². The molecule has 152 valence electrons. The van der Waals surface area contributed by atoms with Crippen molar-refractivity contribution in [2.75, 3.05) is 14.2 Å². The van der Waals surface area contributed by atoms with E-state index in [4.69, 9.17) is 9.57 Å². The summed E-state index contributed by atoms with van der Waals surface area (Å²) in [4.78, 5) is 53.4. The molecule has 28 heavy (non-hydrogen) atoms. The van der Waals surface area contributed by atoms with Crippen LogP contribution in [0.4, 0.5) is 4.79 Å². The van der Waals surface area contributed by atoms with Gasteiger partial charge in [0.15, 0.2) is 12.1 Å². The van der Waals surface area contributed by atoms with Gasteiger partial charge in [0.25, 0.3) is 5.91 Å². The van der Waals surface area contributed by atoms with Crippen molar-refractivity contribution in [1.82, 2.24) is 10.4 Å². The van der Waals surface area contributed by atoms with Gasteiger partial charge in [0.2, 0.25) is 0 Å². The number of methoxy groups -OCH3 is 2. The van der Waals surface area contributed by atoms with Gasteiger partial charge >= 0.3 is 18.0 Å². The van der Waals surface area contributed by atoms with Crippen LogP contribution in [0.2, 0.25) is 0 Å². The number of hydroxylamine groups is 2. The number of carbonyl (C=O) groups is 4. The zero-order chi connectivity index (χ0) is 20.7. The lowest BCUT2D eigenvalue weighted by Gasteiger charge is -2.24. The average molecular weight is 394 g/mol. The normalized spacial score (nSPS) is 19.5. The van der Waals surface area contributed by atoms with Crippen LogP contribution >= 0.6 is 0 Å². The number of hydrogen-bond acceptors (Lipinski definition) is 8. The molecule has 1 aliphatic rings. The second-order valence-electron chi connectivity index (χ2n) is 5.98. The lowest BCUT2D eigenvalue weighted by Crippen LogP contribution is -2.50. The highest BCUT2D eigenvalue weighted by molar-refractivity contribution is 5.90. The zero-order valence-electron chi connectivity index (χ0n) is 15.7. The van der Waals surface area contributed by atoms with Gasteiger partial charge in [-0.05, 0) is 12.5 Å². The van der Waals surface area contributed by atoms with Gasteiger partial charge in [0.05, 0.1) is 14.2 Å². The van der Waals surface area contributed by atoms with E-state index in [0.717, 1.165) is 24.8 Å². The highest BCUT2D eigenvalue weighted by Gasteiger charge is 2.46. The number of rotatable bonds is 6. The van der Waals surface area contributed by atoms with E-state index in [9.17, 15) is 19.2 Å². The molecule has 1 saturated heterocycles.